The lowest BCUT2D eigenvalue weighted by molar-refractivity contribution is 0.0235. The van der Waals surface area contributed by atoms with E-state index in [4.69, 9.17) is 4.74 Å². The zero-order chi connectivity index (χ0) is 16.3. The Morgan fingerprint density at radius 2 is 2.23 bits per heavy atom. The average molecular weight is 308 g/mol. The van der Waals surface area contributed by atoms with Crippen LogP contribution in [0.4, 0.5) is 10.5 Å². The Kier molecular flexibility index (Phi) is 4.98. The number of nitrogens with one attached hydrogen (secondary N) is 1. The molecule has 124 valence electrons. The summed E-state index contributed by atoms with van der Waals surface area (Å²) in [5.41, 5.74) is 0.542. The zero-order valence-corrected chi connectivity index (χ0v) is 14.3. The second-order valence-electron chi connectivity index (χ2n) is 7.15. The molecule has 1 amide bonds. The molecule has 1 aliphatic heterocycles. The standard InChI is InChI=1S/C16H28N4O2/c1-12(2)20-11-13(9-18-20)17-10-14-7-6-8-19(14)15(21)22-16(3,4)5/h9,11-12,14,17H,6-8,10H2,1-5H3. The minimum atomic E-state index is -0.448. The fraction of sp³-hybridized carbons (Fsp3) is 0.750. The van der Waals surface area contributed by atoms with Crippen LogP contribution in [0.2, 0.25) is 0 Å². The Morgan fingerprint density at radius 3 is 2.82 bits per heavy atom. The average Bonchev–Trinajstić information content (AvgIpc) is 3.03. The first-order chi connectivity index (χ1) is 10.3. The van der Waals surface area contributed by atoms with E-state index in [1.165, 1.54) is 0 Å². The summed E-state index contributed by atoms with van der Waals surface area (Å²) in [4.78, 5) is 14.1. The van der Waals surface area contributed by atoms with Gasteiger partial charge in [0.15, 0.2) is 0 Å². The van der Waals surface area contributed by atoms with Gasteiger partial charge in [0.25, 0.3) is 0 Å². The minimum absolute atomic E-state index is 0.178. The summed E-state index contributed by atoms with van der Waals surface area (Å²) in [6.07, 6.45) is 5.64. The van der Waals surface area contributed by atoms with Gasteiger partial charge in [-0.1, -0.05) is 0 Å². The van der Waals surface area contributed by atoms with E-state index in [9.17, 15) is 4.79 Å². The number of ether oxygens (including phenoxy) is 1. The number of likely N-dealkylation sites (tertiary alicyclic amines) is 1. The van der Waals surface area contributed by atoms with E-state index in [1.807, 2.05) is 42.7 Å². The van der Waals surface area contributed by atoms with Crippen LogP contribution in [0.5, 0.6) is 0 Å². The molecule has 0 bridgehead atoms. The van der Waals surface area contributed by atoms with E-state index in [-0.39, 0.29) is 12.1 Å². The van der Waals surface area contributed by atoms with Crippen molar-refractivity contribution in [3.63, 3.8) is 0 Å². The van der Waals surface area contributed by atoms with Crippen LogP contribution in [0, 0.1) is 0 Å². The molecule has 1 unspecified atom stereocenters. The van der Waals surface area contributed by atoms with Crippen molar-refractivity contribution in [1.82, 2.24) is 14.7 Å². The molecule has 1 atom stereocenters. The first-order valence-corrected chi connectivity index (χ1v) is 8.04. The number of hydrogen-bond donors (Lipinski definition) is 1. The summed E-state index contributed by atoms with van der Waals surface area (Å²) in [5.74, 6) is 0. The highest BCUT2D eigenvalue weighted by atomic mass is 16.6. The SMILES string of the molecule is CC(C)n1cc(NCC2CCCN2C(=O)OC(C)(C)C)cn1. The molecule has 0 saturated carbocycles. The molecule has 1 aliphatic rings. The molecule has 0 spiro atoms. The molecule has 0 radical (unpaired) electrons. The van der Waals surface area contributed by atoms with Gasteiger partial charge in [-0.25, -0.2) is 4.79 Å². The highest BCUT2D eigenvalue weighted by Crippen LogP contribution is 2.21. The molecule has 1 aromatic heterocycles. The normalized spacial score (nSPS) is 18.8. The van der Waals surface area contributed by atoms with Crippen molar-refractivity contribution in [3.05, 3.63) is 12.4 Å². The zero-order valence-electron chi connectivity index (χ0n) is 14.3. The Bertz CT molecular complexity index is 504. The summed E-state index contributed by atoms with van der Waals surface area (Å²) in [5, 5.41) is 7.69. The number of carbonyl (C=O) groups is 1. The number of amides is 1. The quantitative estimate of drug-likeness (QED) is 0.927. The fourth-order valence-electron chi connectivity index (χ4n) is 2.56. The van der Waals surface area contributed by atoms with Gasteiger partial charge in [0.2, 0.25) is 0 Å². The maximum Gasteiger partial charge on any atom is 0.410 e. The molecular weight excluding hydrogens is 280 g/mol. The molecule has 1 saturated heterocycles. The number of hydrogen-bond acceptors (Lipinski definition) is 4. The van der Waals surface area contributed by atoms with E-state index in [2.05, 4.69) is 24.3 Å². The molecule has 2 heterocycles. The number of nitrogens with zero attached hydrogens (tertiary/aromatic N) is 3. The van der Waals surface area contributed by atoms with Crippen LogP contribution in [0.3, 0.4) is 0 Å². The molecule has 6 heteroatoms. The monoisotopic (exact) mass is 308 g/mol. The van der Waals surface area contributed by atoms with Crippen molar-refractivity contribution in [2.24, 2.45) is 0 Å². The Hall–Kier alpha value is -1.72. The van der Waals surface area contributed by atoms with Crippen LogP contribution in [-0.2, 0) is 4.74 Å². The first kappa shape index (κ1) is 16.6. The van der Waals surface area contributed by atoms with Crippen molar-refractivity contribution in [3.8, 4) is 0 Å². The largest absolute Gasteiger partial charge is 0.444 e. The smallest absolute Gasteiger partial charge is 0.410 e. The van der Waals surface area contributed by atoms with Crippen LogP contribution in [-0.4, -0.2) is 45.5 Å². The number of carbonyl (C=O) groups excluding carboxylic acids is 1. The molecule has 0 aliphatic carbocycles. The van der Waals surface area contributed by atoms with E-state index in [1.54, 1.807) is 0 Å². The lowest BCUT2D eigenvalue weighted by atomic mass is 10.2. The van der Waals surface area contributed by atoms with Gasteiger partial charge in [-0.05, 0) is 47.5 Å². The summed E-state index contributed by atoms with van der Waals surface area (Å²) in [7, 11) is 0. The van der Waals surface area contributed by atoms with Gasteiger partial charge in [0.05, 0.1) is 17.9 Å². The van der Waals surface area contributed by atoms with Crippen molar-refractivity contribution in [2.75, 3.05) is 18.4 Å². The molecular formula is C16H28N4O2. The van der Waals surface area contributed by atoms with Crippen LogP contribution in [0.25, 0.3) is 0 Å². The molecule has 22 heavy (non-hydrogen) atoms. The summed E-state index contributed by atoms with van der Waals surface area (Å²) >= 11 is 0. The van der Waals surface area contributed by atoms with Crippen molar-refractivity contribution in [1.29, 1.82) is 0 Å². The van der Waals surface area contributed by atoms with E-state index >= 15 is 0 Å². The van der Waals surface area contributed by atoms with Crippen LogP contribution >= 0.6 is 0 Å². The number of anilines is 1. The van der Waals surface area contributed by atoms with E-state index in [0.29, 0.717) is 6.04 Å². The van der Waals surface area contributed by atoms with E-state index in [0.717, 1.165) is 31.6 Å². The van der Waals surface area contributed by atoms with Crippen LogP contribution < -0.4 is 5.32 Å². The van der Waals surface area contributed by atoms with E-state index < -0.39 is 5.60 Å². The Balaban J connectivity index is 1.89. The number of aromatic nitrogens is 2. The first-order valence-electron chi connectivity index (χ1n) is 8.04. The molecule has 1 N–H and O–H groups in total. The molecule has 6 nitrogen and oxygen atoms in total. The predicted molar refractivity (Wildman–Crippen MR) is 87.1 cm³/mol. The topological polar surface area (TPSA) is 59.4 Å². The third-order valence-electron chi connectivity index (χ3n) is 3.68. The predicted octanol–water partition coefficient (Wildman–Crippen LogP) is 3.28. The highest BCUT2D eigenvalue weighted by molar-refractivity contribution is 5.69. The lowest BCUT2D eigenvalue weighted by Crippen LogP contribution is -2.42. The molecule has 0 aromatic carbocycles. The second-order valence-corrected chi connectivity index (χ2v) is 7.15. The third-order valence-corrected chi connectivity index (χ3v) is 3.68. The summed E-state index contributed by atoms with van der Waals surface area (Å²) in [6.45, 7) is 11.4. The summed E-state index contributed by atoms with van der Waals surface area (Å²) in [6, 6.07) is 0.526. The third kappa shape index (κ3) is 4.39. The van der Waals surface area contributed by atoms with Gasteiger partial charge < -0.3 is 15.0 Å². The van der Waals surface area contributed by atoms with Crippen molar-refractivity contribution < 1.29 is 9.53 Å². The highest BCUT2D eigenvalue weighted by Gasteiger charge is 2.31. The van der Waals surface area contributed by atoms with Gasteiger partial charge in [-0.15, -0.1) is 0 Å². The van der Waals surface area contributed by atoms with Crippen molar-refractivity contribution in [2.45, 2.75) is 65.1 Å². The van der Waals surface area contributed by atoms with Crippen LogP contribution in [0.1, 0.15) is 53.5 Å². The van der Waals surface area contributed by atoms with Gasteiger partial charge in [-0.2, -0.15) is 5.10 Å². The van der Waals surface area contributed by atoms with Gasteiger partial charge in [0, 0.05) is 25.3 Å². The Morgan fingerprint density at radius 1 is 1.50 bits per heavy atom. The molecule has 2 rings (SSSR count). The minimum Gasteiger partial charge on any atom is -0.444 e. The van der Waals surface area contributed by atoms with Gasteiger partial charge in [-0.3, -0.25) is 4.68 Å². The van der Waals surface area contributed by atoms with Crippen molar-refractivity contribution >= 4 is 11.8 Å². The number of rotatable bonds is 4. The fourth-order valence-corrected chi connectivity index (χ4v) is 2.56. The Labute approximate surface area is 132 Å². The maximum absolute atomic E-state index is 12.2. The van der Waals surface area contributed by atoms with Crippen LogP contribution in [0.15, 0.2) is 12.4 Å². The molecule has 1 fully saturated rings. The maximum atomic E-state index is 12.2. The van der Waals surface area contributed by atoms with Gasteiger partial charge in [0.1, 0.15) is 5.60 Å². The summed E-state index contributed by atoms with van der Waals surface area (Å²) < 4.78 is 7.40. The van der Waals surface area contributed by atoms with Gasteiger partial charge >= 0.3 is 6.09 Å². The second kappa shape index (κ2) is 6.58. The lowest BCUT2D eigenvalue weighted by Gasteiger charge is -2.28. The molecule has 1 aromatic rings.